The summed E-state index contributed by atoms with van der Waals surface area (Å²) in [6.07, 6.45) is 7.09. The molecule has 2 aromatic rings. The van der Waals surface area contributed by atoms with Gasteiger partial charge >= 0.3 is 0 Å². The summed E-state index contributed by atoms with van der Waals surface area (Å²) in [5.74, 6) is 0. The summed E-state index contributed by atoms with van der Waals surface area (Å²) in [5.41, 5.74) is 9.94. The highest BCUT2D eigenvalue weighted by Crippen LogP contribution is 2.24. The summed E-state index contributed by atoms with van der Waals surface area (Å²) < 4.78 is 2.31. The number of aryl methyl sites for hydroxylation is 2. The molecule has 0 unspecified atom stereocenters. The molecule has 18 heavy (non-hydrogen) atoms. The van der Waals surface area contributed by atoms with E-state index in [-0.39, 0.29) is 0 Å². The van der Waals surface area contributed by atoms with Gasteiger partial charge in [-0.2, -0.15) is 0 Å². The van der Waals surface area contributed by atoms with Crippen LogP contribution in [0.2, 0.25) is 0 Å². The Labute approximate surface area is 110 Å². The van der Waals surface area contributed by atoms with Gasteiger partial charge in [-0.25, -0.2) is 0 Å². The Hall–Kier alpha value is -1.28. The van der Waals surface area contributed by atoms with Crippen molar-refractivity contribution >= 4 is 10.9 Å². The minimum atomic E-state index is 0.701. The van der Waals surface area contributed by atoms with Crippen LogP contribution in [0.3, 0.4) is 0 Å². The molecule has 0 bridgehead atoms. The van der Waals surface area contributed by atoms with E-state index in [0.717, 1.165) is 13.0 Å². The molecule has 0 radical (unpaired) electrons. The van der Waals surface area contributed by atoms with Gasteiger partial charge in [0, 0.05) is 30.2 Å². The molecular weight excluding hydrogens is 220 g/mol. The number of fused-ring (bicyclic) bond motifs is 1. The second-order valence-electron chi connectivity index (χ2n) is 4.95. The molecule has 98 valence electrons. The molecule has 0 saturated heterocycles. The minimum absolute atomic E-state index is 0.701. The van der Waals surface area contributed by atoms with Crippen molar-refractivity contribution in [3.63, 3.8) is 0 Å². The van der Waals surface area contributed by atoms with E-state index < -0.39 is 0 Å². The van der Waals surface area contributed by atoms with Crippen LogP contribution >= 0.6 is 0 Å². The first-order chi connectivity index (χ1) is 8.80. The maximum Gasteiger partial charge on any atom is 0.0483 e. The monoisotopic (exact) mass is 244 g/mol. The third-order valence-corrected chi connectivity index (χ3v) is 3.61. The molecule has 1 heterocycles. The van der Waals surface area contributed by atoms with Crippen LogP contribution in [-0.4, -0.2) is 11.1 Å². The van der Waals surface area contributed by atoms with Gasteiger partial charge in [-0.15, -0.1) is 0 Å². The lowest BCUT2D eigenvalue weighted by molar-refractivity contribution is 0.726. The number of hydrogen-bond donors (Lipinski definition) is 1. The lowest BCUT2D eigenvalue weighted by Gasteiger charge is -2.03. The Bertz CT molecular complexity index is 511. The number of rotatable bonds is 6. The lowest BCUT2D eigenvalue weighted by atomic mass is 10.0. The van der Waals surface area contributed by atoms with Crippen molar-refractivity contribution in [2.45, 2.75) is 46.1 Å². The van der Waals surface area contributed by atoms with Gasteiger partial charge in [0.1, 0.15) is 0 Å². The fraction of sp³-hybridized carbons (Fsp3) is 0.500. The van der Waals surface area contributed by atoms with Gasteiger partial charge in [-0.1, -0.05) is 26.3 Å². The molecule has 0 atom stereocenters. The third-order valence-electron chi connectivity index (χ3n) is 3.61. The van der Waals surface area contributed by atoms with Crippen LogP contribution in [-0.2, 0) is 19.4 Å². The molecule has 0 amide bonds. The van der Waals surface area contributed by atoms with Gasteiger partial charge in [-0.3, -0.25) is 0 Å². The Kier molecular flexibility index (Phi) is 4.43. The highest BCUT2D eigenvalue weighted by atomic mass is 15.0. The molecule has 1 aromatic carbocycles. The molecule has 0 saturated carbocycles. The zero-order valence-electron chi connectivity index (χ0n) is 11.6. The summed E-state index contributed by atoms with van der Waals surface area (Å²) in [7, 11) is 0. The molecule has 2 rings (SSSR count). The van der Waals surface area contributed by atoms with E-state index in [4.69, 9.17) is 5.73 Å². The molecular formula is C16H24N2. The lowest BCUT2D eigenvalue weighted by Crippen LogP contribution is -2.08. The number of nitrogens with two attached hydrogens (primary N) is 1. The summed E-state index contributed by atoms with van der Waals surface area (Å²) >= 11 is 0. The standard InChI is InChI=1S/C16H24N2/c1-3-5-6-14-12-18(10-9-17)16-8-7-13(4-2)11-15(14)16/h7-8,11-12H,3-6,9-10,17H2,1-2H3. The molecule has 2 nitrogen and oxygen atoms in total. The molecule has 0 aliphatic heterocycles. The van der Waals surface area contributed by atoms with E-state index in [1.165, 1.54) is 41.3 Å². The highest BCUT2D eigenvalue weighted by Gasteiger charge is 2.08. The Morgan fingerprint density at radius 1 is 1.22 bits per heavy atom. The first kappa shape index (κ1) is 13.2. The summed E-state index contributed by atoms with van der Waals surface area (Å²) in [5, 5.41) is 1.43. The molecule has 0 fully saturated rings. The van der Waals surface area contributed by atoms with Gasteiger partial charge in [0.05, 0.1) is 0 Å². The Morgan fingerprint density at radius 3 is 2.72 bits per heavy atom. The van der Waals surface area contributed by atoms with E-state index in [2.05, 4.69) is 42.8 Å². The number of nitrogens with zero attached hydrogens (tertiary/aromatic N) is 1. The number of benzene rings is 1. The molecule has 0 spiro atoms. The average Bonchev–Trinajstić information content (AvgIpc) is 2.74. The largest absolute Gasteiger partial charge is 0.346 e. The highest BCUT2D eigenvalue weighted by molar-refractivity contribution is 5.84. The van der Waals surface area contributed by atoms with Crippen LogP contribution in [0.4, 0.5) is 0 Å². The van der Waals surface area contributed by atoms with E-state index in [0.29, 0.717) is 6.54 Å². The van der Waals surface area contributed by atoms with Crippen molar-refractivity contribution in [1.82, 2.24) is 4.57 Å². The second-order valence-corrected chi connectivity index (χ2v) is 4.95. The van der Waals surface area contributed by atoms with Crippen molar-refractivity contribution in [3.05, 3.63) is 35.5 Å². The fourth-order valence-electron chi connectivity index (χ4n) is 2.53. The van der Waals surface area contributed by atoms with Crippen LogP contribution in [0.25, 0.3) is 10.9 Å². The summed E-state index contributed by atoms with van der Waals surface area (Å²) in [4.78, 5) is 0. The van der Waals surface area contributed by atoms with Crippen molar-refractivity contribution in [2.75, 3.05) is 6.54 Å². The first-order valence-corrected chi connectivity index (χ1v) is 7.10. The average molecular weight is 244 g/mol. The summed E-state index contributed by atoms with van der Waals surface area (Å²) in [6.45, 7) is 6.07. The topological polar surface area (TPSA) is 30.9 Å². The van der Waals surface area contributed by atoms with E-state index in [9.17, 15) is 0 Å². The molecule has 1 aromatic heterocycles. The van der Waals surface area contributed by atoms with Crippen molar-refractivity contribution in [1.29, 1.82) is 0 Å². The normalized spacial score (nSPS) is 11.3. The summed E-state index contributed by atoms with van der Waals surface area (Å²) in [6, 6.07) is 6.84. The molecule has 2 N–H and O–H groups in total. The van der Waals surface area contributed by atoms with Gasteiger partial charge in [0.2, 0.25) is 0 Å². The first-order valence-electron chi connectivity index (χ1n) is 7.10. The van der Waals surface area contributed by atoms with Crippen LogP contribution in [0.5, 0.6) is 0 Å². The smallest absolute Gasteiger partial charge is 0.0483 e. The number of hydrogen-bond acceptors (Lipinski definition) is 1. The van der Waals surface area contributed by atoms with Crippen LogP contribution in [0.1, 0.15) is 37.8 Å². The minimum Gasteiger partial charge on any atom is -0.346 e. The van der Waals surface area contributed by atoms with Crippen molar-refractivity contribution in [2.24, 2.45) is 5.73 Å². The number of unbranched alkanes of at least 4 members (excludes halogenated alkanes) is 1. The van der Waals surface area contributed by atoms with Gasteiger partial charge in [-0.05, 0) is 42.5 Å². The SMILES string of the molecule is CCCCc1cn(CCN)c2ccc(CC)cc12. The van der Waals surface area contributed by atoms with Crippen LogP contribution in [0.15, 0.2) is 24.4 Å². The second kappa shape index (κ2) is 6.05. The van der Waals surface area contributed by atoms with Crippen LogP contribution < -0.4 is 5.73 Å². The van der Waals surface area contributed by atoms with Gasteiger partial charge in [0.25, 0.3) is 0 Å². The molecule has 2 heteroatoms. The zero-order valence-corrected chi connectivity index (χ0v) is 11.6. The third kappa shape index (κ3) is 2.59. The predicted octanol–water partition coefficient (Wildman–Crippen LogP) is 3.51. The van der Waals surface area contributed by atoms with Crippen molar-refractivity contribution in [3.8, 4) is 0 Å². The van der Waals surface area contributed by atoms with E-state index in [1.807, 2.05) is 0 Å². The predicted molar refractivity (Wildman–Crippen MR) is 79.0 cm³/mol. The van der Waals surface area contributed by atoms with E-state index >= 15 is 0 Å². The molecule has 0 aliphatic rings. The Balaban J connectivity index is 2.46. The van der Waals surface area contributed by atoms with Gasteiger partial charge in [0.15, 0.2) is 0 Å². The Morgan fingerprint density at radius 2 is 2.06 bits per heavy atom. The molecule has 0 aliphatic carbocycles. The maximum absolute atomic E-state index is 5.70. The maximum atomic E-state index is 5.70. The van der Waals surface area contributed by atoms with Gasteiger partial charge < -0.3 is 10.3 Å². The zero-order chi connectivity index (χ0) is 13.0. The van der Waals surface area contributed by atoms with Crippen molar-refractivity contribution < 1.29 is 0 Å². The van der Waals surface area contributed by atoms with Crippen LogP contribution in [0, 0.1) is 0 Å². The fourth-order valence-corrected chi connectivity index (χ4v) is 2.53. The number of aromatic nitrogens is 1. The van der Waals surface area contributed by atoms with E-state index in [1.54, 1.807) is 0 Å². The quantitative estimate of drug-likeness (QED) is 0.828.